The summed E-state index contributed by atoms with van der Waals surface area (Å²) >= 11 is 0. The molecule has 3 nitrogen and oxygen atoms in total. The van der Waals surface area contributed by atoms with Gasteiger partial charge in [-0.05, 0) is 24.7 Å². The van der Waals surface area contributed by atoms with Gasteiger partial charge >= 0.3 is 0 Å². The van der Waals surface area contributed by atoms with Gasteiger partial charge in [-0.1, -0.05) is 12.8 Å². The molecule has 0 N–H and O–H groups in total. The minimum atomic E-state index is 0.936. The van der Waals surface area contributed by atoms with Crippen molar-refractivity contribution in [3.05, 3.63) is 0 Å². The van der Waals surface area contributed by atoms with E-state index in [1.807, 2.05) is 0 Å². The Balaban J connectivity index is 1.40. The fourth-order valence-corrected chi connectivity index (χ4v) is 3.79. The maximum absolute atomic E-state index is 5.39. The highest BCUT2D eigenvalue weighted by Gasteiger charge is 2.33. The first kappa shape index (κ1) is 11.9. The molecule has 0 bridgehead atoms. The highest BCUT2D eigenvalue weighted by atomic mass is 16.5. The summed E-state index contributed by atoms with van der Waals surface area (Å²) in [6.07, 6.45) is 5.97. The maximum Gasteiger partial charge on any atom is 0.0594 e. The van der Waals surface area contributed by atoms with Crippen LogP contribution >= 0.6 is 0 Å². The number of nitrogens with zero attached hydrogens (tertiary/aromatic N) is 2. The molecule has 1 aliphatic carbocycles. The number of rotatable bonds is 3. The number of fused-ring (bicyclic) bond motifs is 1. The molecule has 0 aromatic heterocycles. The van der Waals surface area contributed by atoms with E-state index in [1.54, 1.807) is 0 Å². The lowest BCUT2D eigenvalue weighted by Gasteiger charge is -2.28. The largest absolute Gasteiger partial charge is 0.379 e. The Morgan fingerprint density at radius 2 is 1.41 bits per heavy atom. The zero-order valence-corrected chi connectivity index (χ0v) is 10.9. The van der Waals surface area contributed by atoms with E-state index in [-0.39, 0.29) is 0 Å². The highest BCUT2D eigenvalue weighted by molar-refractivity contribution is 4.87. The van der Waals surface area contributed by atoms with Gasteiger partial charge in [-0.2, -0.15) is 0 Å². The third kappa shape index (κ3) is 3.01. The molecule has 2 atom stereocenters. The normalized spacial score (nSPS) is 36.0. The Bertz CT molecular complexity index is 226. The lowest BCUT2D eigenvalue weighted by Crippen LogP contribution is -2.41. The summed E-state index contributed by atoms with van der Waals surface area (Å²) in [5.41, 5.74) is 0. The molecule has 0 aromatic rings. The average Bonchev–Trinajstić information content (AvgIpc) is 2.80. The summed E-state index contributed by atoms with van der Waals surface area (Å²) in [5.74, 6) is 2.07. The SMILES string of the molecule is C1CC[C@@H]2CN(CCN3CCOCC3)C[C@H]2C1. The summed E-state index contributed by atoms with van der Waals surface area (Å²) in [6, 6.07) is 0. The van der Waals surface area contributed by atoms with E-state index in [4.69, 9.17) is 4.74 Å². The van der Waals surface area contributed by atoms with Crippen LogP contribution in [-0.2, 0) is 4.74 Å². The molecule has 3 aliphatic rings. The number of hydrogen-bond acceptors (Lipinski definition) is 3. The van der Waals surface area contributed by atoms with Gasteiger partial charge in [0.1, 0.15) is 0 Å². The quantitative estimate of drug-likeness (QED) is 0.740. The minimum Gasteiger partial charge on any atom is -0.379 e. The first-order valence-corrected chi connectivity index (χ1v) is 7.44. The van der Waals surface area contributed by atoms with Gasteiger partial charge in [-0.3, -0.25) is 4.90 Å². The van der Waals surface area contributed by atoms with Crippen molar-refractivity contribution in [2.75, 3.05) is 52.5 Å². The lowest BCUT2D eigenvalue weighted by molar-refractivity contribution is 0.0342. The van der Waals surface area contributed by atoms with Gasteiger partial charge in [0.25, 0.3) is 0 Å². The van der Waals surface area contributed by atoms with Crippen molar-refractivity contribution in [2.24, 2.45) is 11.8 Å². The van der Waals surface area contributed by atoms with Gasteiger partial charge in [-0.25, -0.2) is 0 Å². The number of morpholine rings is 1. The van der Waals surface area contributed by atoms with Crippen molar-refractivity contribution < 1.29 is 4.74 Å². The molecule has 3 heteroatoms. The Labute approximate surface area is 105 Å². The Morgan fingerprint density at radius 3 is 2.06 bits per heavy atom. The molecule has 0 spiro atoms. The molecule has 17 heavy (non-hydrogen) atoms. The predicted molar refractivity (Wildman–Crippen MR) is 69.1 cm³/mol. The molecule has 0 amide bonds. The second-order valence-corrected chi connectivity index (χ2v) is 6.02. The third-order valence-corrected chi connectivity index (χ3v) is 4.89. The van der Waals surface area contributed by atoms with Crippen LogP contribution in [0.3, 0.4) is 0 Å². The van der Waals surface area contributed by atoms with Crippen LogP contribution in [0.5, 0.6) is 0 Å². The molecule has 2 aliphatic heterocycles. The molecule has 3 rings (SSSR count). The van der Waals surface area contributed by atoms with Crippen molar-refractivity contribution in [2.45, 2.75) is 25.7 Å². The molecule has 0 radical (unpaired) electrons. The Hall–Kier alpha value is -0.120. The van der Waals surface area contributed by atoms with Crippen molar-refractivity contribution in [3.63, 3.8) is 0 Å². The van der Waals surface area contributed by atoms with Crippen molar-refractivity contribution in [1.82, 2.24) is 9.80 Å². The molecular formula is C14H26N2O. The van der Waals surface area contributed by atoms with E-state index in [0.717, 1.165) is 38.1 Å². The van der Waals surface area contributed by atoms with E-state index >= 15 is 0 Å². The molecule has 98 valence electrons. The summed E-state index contributed by atoms with van der Waals surface area (Å²) < 4.78 is 5.39. The predicted octanol–water partition coefficient (Wildman–Crippen LogP) is 1.44. The van der Waals surface area contributed by atoms with Crippen LogP contribution in [0.25, 0.3) is 0 Å². The monoisotopic (exact) mass is 238 g/mol. The highest BCUT2D eigenvalue weighted by Crippen LogP contribution is 2.35. The van der Waals surface area contributed by atoms with Gasteiger partial charge in [0.2, 0.25) is 0 Å². The zero-order valence-electron chi connectivity index (χ0n) is 10.9. The van der Waals surface area contributed by atoms with Crippen LogP contribution in [-0.4, -0.2) is 62.3 Å². The fraction of sp³-hybridized carbons (Fsp3) is 1.00. The minimum absolute atomic E-state index is 0.936. The molecule has 1 saturated carbocycles. The molecule has 3 fully saturated rings. The lowest BCUT2D eigenvalue weighted by atomic mass is 9.82. The standard InChI is InChI=1S/C14H26N2O/c1-2-4-14-12-16(11-13(14)3-1)6-5-15-7-9-17-10-8-15/h13-14H,1-12H2/t13-,14-/m1/s1. The second-order valence-electron chi connectivity index (χ2n) is 6.02. The van der Waals surface area contributed by atoms with Crippen LogP contribution in [0.15, 0.2) is 0 Å². The molecule has 0 unspecified atom stereocenters. The Kier molecular flexibility index (Phi) is 3.99. The molecule has 0 aromatic carbocycles. The Morgan fingerprint density at radius 1 is 0.824 bits per heavy atom. The van der Waals surface area contributed by atoms with Crippen molar-refractivity contribution >= 4 is 0 Å². The molecular weight excluding hydrogens is 212 g/mol. The van der Waals surface area contributed by atoms with Crippen molar-refractivity contribution in [1.29, 1.82) is 0 Å². The second kappa shape index (κ2) is 5.68. The van der Waals surface area contributed by atoms with E-state index in [9.17, 15) is 0 Å². The number of hydrogen-bond donors (Lipinski definition) is 0. The zero-order chi connectivity index (χ0) is 11.5. The van der Waals surface area contributed by atoms with E-state index in [2.05, 4.69) is 9.80 Å². The van der Waals surface area contributed by atoms with Crippen molar-refractivity contribution in [3.8, 4) is 0 Å². The average molecular weight is 238 g/mol. The van der Waals surface area contributed by atoms with Gasteiger partial charge in [0.15, 0.2) is 0 Å². The van der Waals surface area contributed by atoms with E-state index in [1.165, 1.54) is 51.9 Å². The van der Waals surface area contributed by atoms with Crippen LogP contribution < -0.4 is 0 Å². The molecule has 2 heterocycles. The van der Waals surface area contributed by atoms with Gasteiger partial charge in [0, 0.05) is 39.3 Å². The van der Waals surface area contributed by atoms with Gasteiger partial charge in [0.05, 0.1) is 13.2 Å². The van der Waals surface area contributed by atoms with Gasteiger partial charge in [-0.15, -0.1) is 0 Å². The van der Waals surface area contributed by atoms with Crippen LogP contribution in [0, 0.1) is 11.8 Å². The van der Waals surface area contributed by atoms with Crippen LogP contribution in [0.1, 0.15) is 25.7 Å². The smallest absolute Gasteiger partial charge is 0.0594 e. The first-order chi connectivity index (χ1) is 8.42. The maximum atomic E-state index is 5.39. The summed E-state index contributed by atoms with van der Waals surface area (Å²) in [6.45, 7) is 9.46. The number of likely N-dealkylation sites (tertiary alicyclic amines) is 1. The fourth-order valence-electron chi connectivity index (χ4n) is 3.79. The summed E-state index contributed by atoms with van der Waals surface area (Å²) in [7, 11) is 0. The topological polar surface area (TPSA) is 15.7 Å². The van der Waals surface area contributed by atoms with E-state index in [0.29, 0.717) is 0 Å². The molecule has 2 saturated heterocycles. The van der Waals surface area contributed by atoms with E-state index < -0.39 is 0 Å². The first-order valence-electron chi connectivity index (χ1n) is 7.44. The summed E-state index contributed by atoms with van der Waals surface area (Å²) in [5, 5.41) is 0. The van der Waals surface area contributed by atoms with Crippen LogP contribution in [0.2, 0.25) is 0 Å². The number of ether oxygens (including phenoxy) is 1. The van der Waals surface area contributed by atoms with Crippen LogP contribution in [0.4, 0.5) is 0 Å². The van der Waals surface area contributed by atoms with Gasteiger partial charge < -0.3 is 9.64 Å². The summed E-state index contributed by atoms with van der Waals surface area (Å²) in [4.78, 5) is 5.28. The third-order valence-electron chi connectivity index (χ3n) is 4.89.